The van der Waals surface area contributed by atoms with Crippen LogP contribution >= 0.6 is 71.2 Å². The molecular formula is C24H30Cl6N2O3. The van der Waals surface area contributed by atoms with E-state index in [1.54, 1.807) is 36.4 Å². The van der Waals surface area contributed by atoms with Crippen molar-refractivity contribution in [1.82, 2.24) is 10.6 Å². The number of carbonyl (C=O) groups is 2. The first-order valence-electron chi connectivity index (χ1n) is 10.8. The number of hydrogen-bond donors (Lipinski definition) is 2. The lowest BCUT2D eigenvalue weighted by atomic mass is 9.90. The number of carbonyl (C=O) groups excluding carboxylic acids is 2. The molecule has 0 spiro atoms. The van der Waals surface area contributed by atoms with Crippen LogP contribution in [0.4, 0.5) is 0 Å². The van der Waals surface area contributed by atoms with Crippen molar-refractivity contribution in [3.63, 3.8) is 0 Å². The maximum absolute atomic E-state index is 12.1. The Morgan fingerprint density at radius 1 is 0.600 bits per heavy atom. The first kappa shape index (κ1) is 34.4. The second-order valence-corrected chi connectivity index (χ2v) is 9.66. The van der Waals surface area contributed by atoms with Crippen molar-refractivity contribution in [3.05, 3.63) is 67.6 Å². The van der Waals surface area contributed by atoms with Crippen molar-refractivity contribution in [2.75, 3.05) is 26.2 Å². The van der Waals surface area contributed by atoms with Gasteiger partial charge in [0.15, 0.2) is 11.6 Å². The molecule has 0 saturated carbocycles. The highest BCUT2D eigenvalue weighted by Gasteiger charge is 2.23. The standard InChI is InChI=1S/2C12H13Cl2NO.2ClH.H2O/c2*13-10-2-1-9(7-11(10)14)12(16)8-3-5-15-6-4-8;;;/h2*1-2,7-8,15H,3-6H2;2*1H;1H2. The Morgan fingerprint density at radius 3 is 1.20 bits per heavy atom. The van der Waals surface area contributed by atoms with Crippen LogP contribution in [0.3, 0.4) is 0 Å². The second-order valence-electron chi connectivity index (χ2n) is 8.03. The highest BCUT2D eigenvalue weighted by molar-refractivity contribution is 6.42. The SMILES string of the molecule is Cl.Cl.O.O=C(c1ccc(Cl)c(Cl)c1)C1CCNCC1.O=C(c1ccc(Cl)c(Cl)c1)C1CCNCC1. The zero-order chi connectivity index (χ0) is 23.1. The Bertz CT molecular complexity index is 887. The van der Waals surface area contributed by atoms with E-state index in [0.717, 1.165) is 51.9 Å². The van der Waals surface area contributed by atoms with Crippen LogP contribution in [-0.4, -0.2) is 43.2 Å². The van der Waals surface area contributed by atoms with Gasteiger partial charge in [-0.15, -0.1) is 24.8 Å². The van der Waals surface area contributed by atoms with Gasteiger partial charge in [-0.3, -0.25) is 9.59 Å². The molecule has 0 aromatic heterocycles. The molecule has 11 heteroatoms. The highest BCUT2D eigenvalue weighted by atomic mass is 35.5. The largest absolute Gasteiger partial charge is 0.412 e. The summed E-state index contributed by atoms with van der Waals surface area (Å²) < 4.78 is 0. The van der Waals surface area contributed by atoms with E-state index in [1.807, 2.05) is 0 Å². The minimum atomic E-state index is 0. The molecule has 0 bridgehead atoms. The lowest BCUT2D eigenvalue weighted by Gasteiger charge is -2.21. The molecule has 0 amide bonds. The molecule has 196 valence electrons. The van der Waals surface area contributed by atoms with Gasteiger partial charge in [0.05, 0.1) is 20.1 Å². The Balaban J connectivity index is 0.000000608. The summed E-state index contributed by atoms with van der Waals surface area (Å²) in [5.41, 5.74) is 1.34. The third kappa shape index (κ3) is 9.99. The lowest BCUT2D eigenvalue weighted by molar-refractivity contribution is 0.0888. The molecule has 2 aromatic carbocycles. The monoisotopic (exact) mass is 604 g/mol. The number of hydrogen-bond acceptors (Lipinski definition) is 4. The normalized spacial score (nSPS) is 15.9. The molecule has 2 fully saturated rings. The van der Waals surface area contributed by atoms with Gasteiger partial charge in [0.25, 0.3) is 0 Å². The lowest BCUT2D eigenvalue weighted by Crippen LogP contribution is -2.31. The maximum Gasteiger partial charge on any atom is 0.166 e. The van der Waals surface area contributed by atoms with E-state index in [0.29, 0.717) is 31.2 Å². The molecule has 4 rings (SSSR count). The predicted molar refractivity (Wildman–Crippen MR) is 151 cm³/mol. The van der Waals surface area contributed by atoms with Crippen LogP contribution < -0.4 is 10.6 Å². The molecule has 0 radical (unpaired) electrons. The van der Waals surface area contributed by atoms with Crippen LogP contribution in [0.1, 0.15) is 46.4 Å². The number of piperidine rings is 2. The molecule has 0 atom stereocenters. The van der Waals surface area contributed by atoms with Crippen molar-refractivity contribution in [2.24, 2.45) is 11.8 Å². The average molecular weight is 607 g/mol. The van der Waals surface area contributed by atoms with Crippen LogP contribution in [0, 0.1) is 11.8 Å². The molecule has 2 aliphatic heterocycles. The van der Waals surface area contributed by atoms with Gasteiger partial charge in [-0.2, -0.15) is 0 Å². The first-order chi connectivity index (χ1) is 15.4. The Kier molecular flexibility index (Phi) is 16.7. The van der Waals surface area contributed by atoms with Gasteiger partial charge in [0.1, 0.15) is 0 Å². The second kappa shape index (κ2) is 17.0. The van der Waals surface area contributed by atoms with Crippen molar-refractivity contribution in [3.8, 4) is 0 Å². The van der Waals surface area contributed by atoms with Gasteiger partial charge in [-0.05, 0) is 88.3 Å². The molecule has 2 heterocycles. The number of nitrogens with one attached hydrogen (secondary N) is 2. The van der Waals surface area contributed by atoms with Crippen LogP contribution in [-0.2, 0) is 0 Å². The van der Waals surface area contributed by atoms with Crippen LogP contribution in [0.2, 0.25) is 20.1 Å². The summed E-state index contributed by atoms with van der Waals surface area (Å²) in [7, 11) is 0. The molecule has 5 nitrogen and oxygen atoms in total. The van der Waals surface area contributed by atoms with Crippen LogP contribution in [0.25, 0.3) is 0 Å². The summed E-state index contributed by atoms with van der Waals surface area (Å²) in [5, 5.41) is 8.35. The quantitative estimate of drug-likeness (QED) is 0.396. The van der Waals surface area contributed by atoms with Gasteiger partial charge in [-0.1, -0.05) is 46.4 Å². The molecule has 0 unspecified atom stereocenters. The van der Waals surface area contributed by atoms with Crippen molar-refractivity contribution >= 4 is 82.8 Å². The molecule has 4 N–H and O–H groups in total. The fourth-order valence-electron chi connectivity index (χ4n) is 3.94. The van der Waals surface area contributed by atoms with Gasteiger partial charge in [0, 0.05) is 23.0 Å². The summed E-state index contributed by atoms with van der Waals surface area (Å²) in [6, 6.07) is 10.2. The van der Waals surface area contributed by atoms with E-state index < -0.39 is 0 Å². The molecular weight excluding hydrogens is 577 g/mol. The Labute approximate surface area is 238 Å². The van der Waals surface area contributed by atoms with Gasteiger partial charge < -0.3 is 16.1 Å². The topological polar surface area (TPSA) is 89.7 Å². The van der Waals surface area contributed by atoms with E-state index in [4.69, 9.17) is 46.4 Å². The average Bonchev–Trinajstić information content (AvgIpc) is 2.83. The number of Topliss-reactive ketones (excluding diaryl/α,β-unsaturated/α-hetero) is 2. The minimum absolute atomic E-state index is 0. The summed E-state index contributed by atoms with van der Waals surface area (Å²) in [6.45, 7) is 3.66. The summed E-state index contributed by atoms with van der Waals surface area (Å²) in [6.07, 6.45) is 3.61. The summed E-state index contributed by atoms with van der Waals surface area (Å²) in [4.78, 5) is 24.3. The molecule has 0 aliphatic carbocycles. The van der Waals surface area contributed by atoms with Gasteiger partial charge >= 0.3 is 0 Å². The third-order valence-electron chi connectivity index (χ3n) is 5.83. The molecule has 2 aromatic rings. The molecule has 35 heavy (non-hydrogen) atoms. The van der Waals surface area contributed by atoms with E-state index in [1.165, 1.54) is 0 Å². The number of ketones is 2. The smallest absolute Gasteiger partial charge is 0.166 e. The van der Waals surface area contributed by atoms with Gasteiger partial charge in [-0.25, -0.2) is 0 Å². The predicted octanol–water partition coefficient (Wildman–Crippen LogP) is 6.37. The van der Waals surface area contributed by atoms with Crippen molar-refractivity contribution < 1.29 is 15.1 Å². The van der Waals surface area contributed by atoms with Gasteiger partial charge in [0.2, 0.25) is 0 Å². The molecule has 2 saturated heterocycles. The number of halogens is 6. The van der Waals surface area contributed by atoms with Crippen molar-refractivity contribution in [2.45, 2.75) is 25.7 Å². The van der Waals surface area contributed by atoms with Crippen molar-refractivity contribution in [1.29, 1.82) is 0 Å². The summed E-state index contributed by atoms with van der Waals surface area (Å²) >= 11 is 23.4. The Morgan fingerprint density at radius 2 is 0.914 bits per heavy atom. The van der Waals surface area contributed by atoms with E-state index >= 15 is 0 Å². The van der Waals surface area contributed by atoms with Crippen LogP contribution in [0.15, 0.2) is 36.4 Å². The number of rotatable bonds is 4. The zero-order valence-electron chi connectivity index (χ0n) is 18.9. The van der Waals surface area contributed by atoms with Crippen LogP contribution in [0.5, 0.6) is 0 Å². The minimum Gasteiger partial charge on any atom is -0.412 e. The maximum atomic E-state index is 12.1. The Hall–Kier alpha value is -0.600. The fraction of sp³-hybridized carbons (Fsp3) is 0.417. The highest BCUT2D eigenvalue weighted by Crippen LogP contribution is 2.27. The first-order valence-corrected chi connectivity index (χ1v) is 12.3. The third-order valence-corrected chi connectivity index (χ3v) is 7.31. The van der Waals surface area contributed by atoms with E-state index in [9.17, 15) is 9.59 Å². The zero-order valence-corrected chi connectivity index (χ0v) is 23.6. The summed E-state index contributed by atoms with van der Waals surface area (Å²) in [5.74, 6) is 0.608. The number of benzene rings is 2. The molecule has 2 aliphatic rings. The van der Waals surface area contributed by atoms with E-state index in [-0.39, 0.29) is 53.7 Å². The fourth-order valence-corrected chi connectivity index (χ4v) is 4.53. The van der Waals surface area contributed by atoms with E-state index in [2.05, 4.69) is 10.6 Å².